The van der Waals surface area contributed by atoms with Crippen LogP contribution < -0.4 is 31.5 Å². The number of rotatable bonds is 15. The standard InChI is InChI=1S/C32H41N9O10S2/c1-31(2)26(28(43)41(31)51-53(46,47)48)37-27(42)25(22-17-52-30(34)36-22)38-50-32(3,29(44)45)24-8-6-20-11-19(5-7-23(20)49-24)21-15-39(10-4-9-33)40(16-21)14-18-12-35-13-18/h5,7,11,15-18,24,26,35H,4,6,8-10,12-14,33H2,1-3H3,(H4-,34,36,37,42,44,45,46,47,48)/p+1/b38-25-. The SMILES string of the molecule is CC(O/N=C(\C(=O)NC1C(=O)N(OS(=O)(=O)O)C1(C)C)c1csc(N)n1)(C(=O)O)C1CCc2cc(-c3cn(CCCN)[n+](CC4CNC4)c3)ccc2O1. The van der Waals surface area contributed by atoms with Crippen molar-refractivity contribution in [2.45, 2.75) is 76.4 Å². The number of fused-ring (bicyclic) bond motifs is 1. The summed E-state index contributed by atoms with van der Waals surface area (Å²) in [4.78, 5) is 48.7. The average molecular weight is 777 g/mol. The summed E-state index contributed by atoms with van der Waals surface area (Å²) in [5.74, 6) is -2.36. The highest BCUT2D eigenvalue weighted by atomic mass is 32.3. The summed E-state index contributed by atoms with van der Waals surface area (Å²) in [6.07, 6.45) is 4.74. The molecule has 3 aliphatic heterocycles. The summed E-state index contributed by atoms with van der Waals surface area (Å²) in [5.41, 5.74) is 10.4. The minimum absolute atomic E-state index is 0.0680. The van der Waals surface area contributed by atoms with Gasteiger partial charge in [0.15, 0.2) is 23.5 Å². The lowest BCUT2D eigenvalue weighted by atomic mass is 9.84. The minimum Gasteiger partial charge on any atom is -0.485 e. The summed E-state index contributed by atoms with van der Waals surface area (Å²) < 4.78 is 46.4. The number of hydrogen-bond donors (Lipinski definition) is 6. The van der Waals surface area contributed by atoms with Crippen molar-refractivity contribution >= 4 is 50.4 Å². The van der Waals surface area contributed by atoms with Gasteiger partial charge in [-0.2, -0.15) is 18.2 Å². The molecule has 0 saturated carbocycles. The molecule has 5 heterocycles. The summed E-state index contributed by atoms with van der Waals surface area (Å²) in [7, 11) is -5.03. The molecule has 2 fully saturated rings. The molecule has 2 saturated heterocycles. The number of carbonyl (C=O) groups is 3. The fourth-order valence-electron chi connectivity index (χ4n) is 6.35. The Morgan fingerprint density at radius 3 is 2.66 bits per heavy atom. The molecule has 0 spiro atoms. The van der Waals surface area contributed by atoms with Gasteiger partial charge in [-0.1, -0.05) is 11.2 Å². The zero-order valence-corrected chi connectivity index (χ0v) is 30.9. The number of aryl methyl sites for hydroxylation is 2. The number of amides is 2. The van der Waals surface area contributed by atoms with E-state index in [1.54, 1.807) is 6.07 Å². The van der Waals surface area contributed by atoms with Crippen LogP contribution in [0.2, 0.25) is 0 Å². The van der Waals surface area contributed by atoms with Gasteiger partial charge in [0.25, 0.3) is 17.4 Å². The molecular weight excluding hydrogens is 735 g/mol. The van der Waals surface area contributed by atoms with Gasteiger partial charge in [-0.3, -0.25) is 14.1 Å². The maximum atomic E-state index is 13.5. The maximum Gasteiger partial charge on any atom is 0.418 e. The second kappa shape index (κ2) is 14.6. The van der Waals surface area contributed by atoms with E-state index in [1.807, 2.05) is 12.1 Å². The van der Waals surface area contributed by atoms with Crippen LogP contribution >= 0.6 is 11.3 Å². The Bertz CT molecular complexity index is 2050. The lowest BCUT2D eigenvalue weighted by Gasteiger charge is -2.50. The molecule has 19 nitrogen and oxygen atoms in total. The van der Waals surface area contributed by atoms with Crippen LogP contribution in [0.25, 0.3) is 11.1 Å². The van der Waals surface area contributed by atoms with Crippen molar-refractivity contribution < 1.29 is 51.0 Å². The predicted octanol–water partition coefficient (Wildman–Crippen LogP) is -0.153. The number of nitrogens with two attached hydrogens (primary N) is 2. The molecular formula is C32H42N9O10S2+. The lowest BCUT2D eigenvalue weighted by molar-refractivity contribution is -0.781. The van der Waals surface area contributed by atoms with Gasteiger partial charge >= 0.3 is 16.4 Å². The third-order valence-electron chi connectivity index (χ3n) is 9.61. The highest BCUT2D eigenvalue weighted by molar-refractivity contribution is 7.80. The summed E-state index contributed by atoms with van der Waals surface area (Å²) in [5, 5.41) is 21.9. The quantitative estimate of drug-likeness (QED) is 0.0386. The molecule has 1 aromatic carbocycles. The average Bonchev–Trinajstić information content (AvgIpc) is 3.71. The van der Waals surface area contributed by atoms with Gasteiger partial charge in [0.1, 0.15) is 17.5 Å². The Morgan fingerprint density at radius 1 is 1.30 bits per heavy atom. The monoisotopic (exact) mass is 776 g/mol. The first-order chi connectivity index (χ1) is 25.0. The summed E-state index contributed by atoms with van der Waals surface area (Å²) >= 11 is 0.976. The Labute approximate surface area is 308 Å². The van der Waals surface area contributed by atoms with E-state index < -0.39 is 57.2 Å². The third-order valence-corrected chi connectivity index (χ3v) is 10.6. The zero-order valence-electron chi connectivity index (χ0n) is 29.2. The molecule has 2 amide bonds. The first-order valence-corrected chi connectivity index (χ1v) is 19.1. The number of aliphatic carboxylic acids is 1. The number of oxime groups is 1. The van der Waals surface area contributed by atoms with E-state index in [0.717, 1.165) is 60.6 Å². The number of nitrogen functional groups attached to an aromatic ring is 1. The molecule has 0 aliphatic carbocycles. The Hall–Kier alpha value is -4.67. The van der Waals surface area contributed by atoms with Crippen molar-refractivity contribution in [2.24, 2.45) is 16.8 Å². The normalized spacial score (nSPS) is 21.1. The van der Waals surface area contributed by atoms with Crippen molar-refractivity contribution in [2.75, 3.05) is 25.4 Å². The van der Waals surface area contributed by atoms with Crippen LogP contribution in [0.1, 0.15) is 44.9 Å². The molecule has 6 rings (SSSR count). The Morgan fingerprint density at radius 2 is 2.06 bits per heavy atom. The number of benzene rings is 1. The van der Waals surface area contributed by atoms with Crippen molar-refractivity contribution in [1.82, 2.24) is 25.4 Å². The van der Waals surface area contributed by atoms with E-state index in [-0.39, 0.29) is 17.2 Å². The van der Waals surface area contributed by atoms with Crippen LogP contribution in [0.5, 0.6) is 5.75 Å². The summed E-state index contributed by atoms with van der Waals surface area (Å²) in [6, 6.07) is 4.40. The fourth-order valence-corrected chi connectivity index (χ4v) is 7.35. The molecule has 0 bridgehead atoms. The van der Waals surface area contributed by atoms with Gasteiger partial charge in [0.05, 0.1) is 23.8 Å². The number of thiazole rings is 1. The van der Waals surface area contributed by atoms with E-state index in [2.05, 4.69) is 46.8 Å². The third kappa shape index (κ3) is 7.85. The van der Waals surface area contributed by atoms with Crippen LogP contribution in [0, 0.1) is 5.92 Å². The van der Waals surface area contributed by atoms with Crippen molar-refractivity contribution in [1.29, 1.82) is 0 Å². The van der Waals surface area contributed by atoms with Crippen LogP contribution in [0.3, 0.4) is 0 Å². The molecule has 3 unspecified atom stereocenters. The Kier molecular flexibility index (Phi) is 10.5. The van der Waals surface area contributed by atoms with Crippen LogP contribution in [-0.4, -0.2) is 99.2 Å². The van der Waals surface area contributed by atoms with E-state index >= 15 is 0 Å². The van der Waals surface area contributed by atoms with E-state index in [1.165, 1.54) is 26.2 Å². The van der Waals surface area contributed by atoms with E-state index in [0.29, 0.717) is 29.7 Å². The topological polar surface area (TPSA) is 267 Å². The van der Waals surface area contributed by atoms with Crippen LogP contribution in [0.15, 0.2) is 41.1 Å². The molecule has 21 heteroatoms. The molecule has 0 radical (unpaired) electrons. The largest absolute Gasteiger partial charge is 0.485 e. The number of carboxylic acids is 1. The summed E-state index contributed by atoms with van der Waals surface area (Å²) in [6.45, 7) is 8.28. The number of carbonyl (C=O) groups excluding carboxylic acids is 2. The first-order valence-electron chi connectivity index (χ1n) is 16.8. The van der Waals surface area contributed by atoms with E-state index in [9.17, 15) is 27.9 Å². The molecule has 3 atom stereocenters. The van der Waals surface area contributed by atoms with Gasteiger partial charge in [-0.25, -0.2) is 9.78 Å². The second-order valence-electron chi connectivity index (χ2n) is 13.8. The molecule has 53 heavy (non-hydrogen) atoms. The highest BCUT2D eigenvalue weighted by Gasteiger charge is 2.58. The lowest BCUT2D eigenvalue weighted by Crippen LogP contribution is -2.76. The Balaban J connectivity index is 1.20. The highest BCUT2D eigenvalue weighted by Crippen LogP contribution is 2.37. The zero-order chi connectivity index (χ0) is 38.3. The predicted molar refractivity (Wildman–Crippen MR) is 189 cm³/mol. The molecule has 8 N–H and O–H groups in total. The van der Waals surface area contributed by atoms with Gasteiger partial charge in [-0.05, 0) is 69.8 Å². The number of carboxylic acid groups (broad SMARTS) is 1. The van der Waals surface area contributed by atoms with E-state index in [4.69, 9.17) is 25.6 Å². The molecule has 2 aromatic heterocycles. The van der Waals surface area contributed by atoms with Crippen LogP contribution in [0.4, 0.5) is 5.13 Å². The van der Waals surface area contributed by atoms with Crippen molar-refractivity contribution in [3.63, 3.8) is 0 Å². The number of hydrogen-bond acceptors (Lipinski definition) is 14. The number of nitrogens with one attached hydrogen (secondary N) is 2. The van der Waals surface area contributed by atoms with Gasteiger partial charge in [0.2, 0.25) is 6.20 Å². The fraction of sp³-hybridized carbons (Fsp3) is 0.500. The number of nitrogens with zero attached hydrogens (tertiary/aromatic N) is 5. The number of anilines is 1. The first kappa shape index (κ1) is 38.1. The number of β-lactam (4-membered cyclic amide) rings is 1. The van der Waals surface area contributed by atoms with Gasteiger partial charge in [-0.15, -0.1) is 20.3 Å². The molecule has 3 aromatic rings. The van der Waals surface area contributed by atoms with Crippen molar-refractivity contribution in [3.8, 4) is 16.9 Å². The molecule has 3 aliphatic rings. The number of hydroxylamine groups is 2. The maximum absolute atomic E-state index is 13.5. The second-order valence-corrected chi connectivity index (χ2v) is 15.7. The van der Waals surface area contributed by atoms with Gasteiger partial charge in [0, 0.05) is 24.4 Å². The number of aromatic nitrogens is 3. The smallest absolute Gasteiger partial charge is 0.418 e. The van der Waals surface area contributed by atoms with Crippen molar-refractivity contribution in [3.05, 3.63) is 47.2 Å². The number of ether oxygens (including phenoxy) is 1. The minimum atomic E-state index is -5.03. The van der Waals surface area contributed by atoms with Gasteiger partial charge < -0.3 is 36.8 Å². The van der Waals surface area contributed by atoms with Crippen LogP contribution in [-0.2, 0) is 53.4 Å². The molecule has 286 valence electrons.